The van der Waals surface area contributed by atoms with E-state index in [9.17, 15) is 49.5 Å². The molecule has 59 heavy (non-hydrogen) atoms. The second-order valence-electron chi connectivity index (χ2n) is 17.4. The van der Waals surface area contributed by atoms with E-state index in [4.69, 9.17) is 9.47 Å². The Kier molecular flexibility index (Phi) is 10.7. The van der Waals surface area contributed by atoms with Crippen molar-refractivity contribution in [1.29, 1.82) is 0 Å². The Morgan fingerprint density at radius 2 is 1.75 bits per heavy atom. The average molecular weight is 854 g/mol. The minimum absolute atomic E-state index is 0.0195. The van der Waals surface area contributed by atoms with Gasteiger partial charge in [-0.05, 0) is 91.5 Å². The van der Waals surface area contributed by atoms with Crippen LogP contribution in [0.5, 0.6) is 5.75 Å². The summed E-state index contributed by atoms with van der Waals surface area (Å²) in [7, 11) is -4.12. The van der Waals surface area contributed by atoms with Gasteiger partial charge < -0.3 is 25.0 Å². The molecule has 322 valence electrons. The summed E-state index contributed by atoms with van der Waals surface area (Å²) in [4.78, 5) is 62.2. The topological polar surface area (TPSA) is 173 Å². The molecule has 0 radical (unpaired) electrons. The molecule has 7 rings (SSSR count). The molecule has 1 saturated heterocycles. The Labute approximate surface area is 338 Å². The second-order valence-corrected chi connectivity index (χ2v) is 19.6. The number of aromatic nitrogens is 1. The van der Waals surface area contributed by atoms with Crippen molar-refractivity contribution in [3.05, 3.63) is 47.2 Å². The van der Waals surface area contributed by atoms with Crippen LogP contribution in [0.2, 0.25) is 0 Å². The van der Waals surface area contributed by atoms with E-state index in [-0.39, 0.29) is 49.9 Å². The molecule has 2 aliphatic carbocycles. The van der Waals surface area contributed by atoms with Crippen LogP contribution in [0.15, 0.2) is 24.3 Å². The minimum atomic E-state index is -4.93. The predicted molar refractivity (Wildman–Crippen MR) is 202 cm³/mol. The SMILES string of the molecule is Cc1nc2cc(F)c(F)cc2c2c1O[C@]1(CC2)C[C@H]2C(=O)N[C@]3(C(=O)NS(=O)(=O)C4(C)CC4)CC[C@H]3/C=C\CCCCC[C@H](NC(=O)OC(C)(C)C(F)(F)F)C(=O)N2C1. The first kappa shape index (κ1) is 42.6. The van der Waals surface area contributed by atoms with E-state index >= 15 is 0 Å². The van der Waals surface area contributed by atoms with E-state index in [1.807, 2.05) is 6.08 Å². The van der Waals surface area contributed by atoms with Crippen LogP contribution < -0.4 is 20.1 Å². The number of alkyl halides is 3. The highest BCUT2D eigenvalue weighted by Gasteiger charge is 2.60. The second kappa shape index (κ2) is 14.9. The molecule has 2 saturated carbocycles. The summed E-state index contributed by atoms with van der Waals surface area (Å²) in [6.45, 7) is 4.22. The zero-order chi connectivity index (χ0) is 42.9. The maximum Gasteiger partial charge on any atom is 0.427 e. The highest BCUT2D eigenvalue weighted by atomic mass is 32.2. The van der Waals surface area contributed by atoms with Crippen molar-refractivity contribution in [3.63, 3.8) is 0 Å². The van der Waals surface area contributed by atoms with Crippen LogP contribution in [-0.4, -0.2) is 88.4 Å². The summed E-state index contributed by atoms with van der Waals surface area (Å²) >= 11 is 0. The Bertz CT molecular complexity index is 2230. The van der Waals surface area contributed by atoms with Crippen LogP contribution in [0.3, 0.4) is 0 Å². The van der Waals surface area contributed by atoms with Gasteiger partial charge in [0.15, 0.2) is 11.6 Å². The summed E-state index contributed by atoms with van der Waals surface area (Å²) < 4.78 is 109. The Morgan fingerprint density at radius 3 is 2.41 bits per heavy atom. The fourth-order valence-corrected chi connectivity index (χ4v) is 9.83. The van der Waals surface area contributed by atoms with Gasteiger partial charge in [-0.1, -0.05) is 25.0 Å². The number of hydrogen-bond acceptors (Lipinski definition) is 9. The molecule has 19 heteroatoms. The molecule has 5 atom stereocenters. The number of pyridine rings is 1. The van der Waals surface area contributed by atoms with Gasteiger partial charge in [-0.3, -0.25) is 19.1 Å². The number of carbonyl (C=O) groups is 4. The third-order valence-corrected chi connectivity index (χ3v) is 15.0. The number of hydrogen-bond donors (Lipinski definition) is 3. The number of aryl methyl sites for hydroxylation is 2. The highest BCUT2D eigenvalue weighted by molar-refractivity contribution is 7.91. The van der Waals surface area contributed by atoms with Crippen molar-refractivity contribution >= 4 is 44.7 Å². The molecule has 0 bridgehead atoms. The van der Waals surface area contributed by atoms with Gasteiger partial charge in [0.25, 0.3) is 5.91 Å². The van der Waals surface area contributed by atoms with Crippen LogP contribution in [0.1, 0.15) is 103 Å². The number of halogens is 5. The number of nitrogens with zero attached hydrogens (tertiary/aromatic N) is 2. The minimum Gasteiger partial charge on any atom is -0.483 e. The van der Waals surface area contributed by atoms with E-state index in [2.05, 4.69) is 20.3 Å². The van der Waals surface area contributed by atoms with Crippen molar-refractivity contribution in [2.24, 2.45) is 5.92 Å². The van der Waals surface area contributed by atoms with Gasteiger partial charge in [0.2, 0.25) is 27.4 Å². The smallest absolute Gasteiger partial charge is 0.427 e. The largest absolute Gasteiger partial charge is 0.483 e. The van der Waals surface area contributed by atoms with Gasteiger partial charge in [0.1, 0.15) is 29.0 Å². The lowest BCUT2D eigenvalue weighted by Crippen LogP contribution is -2.70. The van der Waals surface area contributed by atoms with Crippen molar-refractivity contribution in [1.82, 2.24) is 25.2 Å². The van der Waals surface area contributed by atoms with E-state index in [0.717, 1.165) is 12.1 Å². The summed E-state index contributed by atoms with van der Waals surface area (Å²) in [5, 5.41) is 5.47. The molecule has 4 heterocycles. The standard InChI is InChI=1S/C40H48F5N5O8S/c1-22-31-24(25-18-26(41)27(42)19-29(25)46-22)13-14-38(57-31)20-30-32(51)48-39(34(53)49-59(55,56)37(4)16-17-37)15-12-23(39)10-8-6-5-7-9-11-28(33(52)50(30)21-38)47-35(54)58-36(2,3)40(43,44)45/h8,10,18-19,23,28,30H,5-7,9,11-17,20-21H2,1-4H3,(H,47,54)(H,48,51)(H,49,53)/b10-8-/t23-,28+,30+,38-,39-/m1/s1. The third-order valence-electron chi connectivity index (χ3n) is 12.8. The zero-order valence-corrected chi connectivity index (χ0v) is 34.0. The Balaban J connectivity index is 1.25. The van der Waals surface area contributed by atoms with Gasteiger partial charge in [0, 0.05) is 29.4 Å². The number of fused-ring (bicyclic) bond motifs is 5. The molecule has 5 aliphatic rings. The Hall–Kier alpha value is -4.55. The van der Waals surface area contributed by atoms with Crippen molar-refractivity contribution < 1.29 is 59.0 Å². The van der Waals surface area contributed by atoms with Gasteiger partial charge in [-0.15, -0.1) is 0 Å². The number of ether oxygens (including phenoxy) is 2. The van der Waals surface area contributed by atoms with Crippen molar-refractivity contribution in [3.8, 4) is 5.75 Å². The van der Waals surface area contributed by atoms with E-state index in [1.54, 1.807) is 13.0 Å². The van der Waals surface area contributed by atoms with E-state index in [1.165, 1.54) is 11.8 Å². The summed E-state index contributed by atoms with van der Waals surface area (Å²) in [6.07, 6.45) is 0.699. The monoisotopic (exact) mass is 853 g/mol. The molecule has 0 unspecified atom stereocenters. The third kappa shape index (κ3) is 7.83. The molecule has 4 amide bonds. The molecule has 3 N–H and O–H groups in total. The maximum atomic E-state index is 14.7. The molecule has 3 fully saturated rings. The first-order valence-corrected chi connectivity index (χ1v) is 21.4. The number of nitrogens with one attached hydrogen (secondary N) is 3. The lowest BCUT2D eigenvalue weighted by Gasteiger charge is -2.48. The number of alkyl carbamates (subject to hydrolysis) is 1. The maximum absolute atomic E-state index is 14.7. The van der Waals surface area contributed by atoms with E-state index < -0.39 is 91.1 Å². The van der Waals surface area contributed by atoms with Gasteiger partial charge in [0.05, 0.1) is 22.5 Å². The van der Waals surface area contributed by atoms with E-state index in [0.29, 0.717) is 75.4 Å². The van der Waals surface area contributed by atoms with Crippen LogP contribution in [0, 0.1) is 24.5 Å². The Morgan fingerprint density at radius 1 is 1.03 bits per heavy atom. The van der Waals surface area contributed by atoms with Crippen LogP contribution in [0.25, 0.3) is 10.9 Å². The summed E-state index contributed by atoms with van der Waals surface area (Å²) in [6, 6.07) is -0.817. The highest BCUT2D eigenvalue weighted by Crippen LogP contribution is 2.47. The van der Waals surface area contributed by atoms with Gasteiger partial charge in [-0.2, -0.15) is 13.2 Å². The molecule has 1 aromatic carbocycles. The number of carbonyl (C=O) groups excluding carboxylic acids is 4. The average Bonchev–Trinajstić information content (AvgIpc) is 3.80. The molecule has 1 spiro atoms. The lowest BCUT2D eigenvalue weighted by molar-refractivity contribution is -0.244. The van der Waals surface area contributed by atoms with Crippen LogP contribution in [-0.2, 0) is 35.6 Å². The fraction of sp³-hybridized carbons (Fsp3) is 0.625. The number of benzene rings is 1. The molecule has 13 nitrogen and oxygen atoms in total. The number of sulfonamides is 1. The van der Waals surface area contributed by atoms with Crippen molar-refractivity contribution in [2.45, 2.75) is 144 Å². The number of allylic oxidation sites excluding steroid dienone is 1. The van der Waals surface area contributed by atoms with Crippen LogP contribution in [0.4, 0.5) is 26.7 Å². The first-order valence-electron chi connectivity index (χ1n) is 19.9. The number of amides is 4. The first-order chi connectivity index (χ1) is 27.5. The quantitative estimate of drug-likeness (QED) is 0.252. The van der Waals surface area contributed by atoms with Gasteiger partial charge >= 0.3 is 12.3 Å². The molecular formula is C40H48F5N5O8S. The molecule has 2 aromatic rings. The molecule has 3 aliphatic heterocycles. The lowest BCUT2D eigenvalue weighted by atomic mass is 9.65. The zero-order valence-electron chi connectivity index (χ0n) is 33.2. The van der Waals surface area contributed by atoms with Crippen LogP contribution >= 0.6 is 0 Å². The molecular weight excluding hydrogens is 806 g/mol. The predicted octanol–water partition coefficient (Wildman–Crippen LogP) is 5.71. The number of rotatable bonds is 5. The normalized spacial score (nSPS) is 29.0. The summed E-state index contributed by atoms with van der Waals surface area (Å²) in [5.41, 5.74) is -4.84. The molecule has 1 aromatic heterocycles. The summed E-state index contributed by atoms with van der Waals surface area (Å²) in [5.74, 6) is -5.05. The fourth-order valence-electron chi connectivity index (χ4n) is 8.52. The van der Waals surface area contributed by atoms with Gasteiger partial charge in [-0.25, -0.2) is 27.0 Å². The van der Waals surface area contributed by atoms with Crippen molar-refractivity contribution in [2.75, 3.05) is 6.54 Å².